The van der Waals surface area contributed by atoms with Gasteiger partial charge >= 0.3 is 130 Å². The van der Waals surface area contributed by atoms with Crippen molar-refractivity contribution in [2.45, 2.75) is 49.1 Å². The van der Waals surface area contributed by atoms with Gasteiger partial charge in [0.05, 0.1) is 13.2 Å². The zero-order chi connectivity index (χ0) is 36.7. The molecule has 276 valence electrons. The van der Waals surface area contributed by atoms with Crippen LogP contribution in [0.1, 0.15) is 12.5 Å². The van der Waals surface area contributed by atoms with E-state index in [1.807, 2.05) is 9.97 Å². The number of aromatic amines is 2. The van der Waals surface area contributed by atoms with Gasteiger partial charge in [-0.2, -0.15) is 0 Å². The number of phosphoric acid groups is 4. The Morgan fingerprint density at radius 1 is 0.585 bits per heavy atom. The first-order chi connectivity index (χ1) is 22.5. The first-order valence-corrected chi connectivity index (χ1v) is 18.7. The molecule has 0 aromatic carbocycles. The smallest absolute Gasteiger partial charge is 0.756 e. The fourth-order valence-corrected chi connectivity index (χ4v) is 8.97. The van der Waals surface area contributed by atoms with Crippen LogP contribution in [0.15, 0.2) is 43.7 Å². The Kier molecular flexibility index (Phi) is 22.5. The summed E-state index contributed by atoms with van der Waals surface area (Å²) >= 11 is 0. The molecule has 6 N–H and O–H groups in total. The van der Waals surface area contributed by atoms with E-state index >= 15 is 0 Å². The van der Waals surface area contributed by atoms with Crippen LogP contribution in [0.4, 0.5) is 0 Å². The summed E-state index contributed by atoms with van der Waals surface area (Å²) < 4.78 is 78.3. The number of hydrogen-bond donors (Lipinski definition) is 6. The quantitative estimate of drug-likeness (QED) is 0.0758. The molecule has 27 nitrogen and oxygen atoms in total. The molecule has 4 unspecified atom stereocenters. The van der Waals surface area contributed by atoms with Crippen LogP contribution in [0.5, 0.6) is 0 Å². The molecule has 4 rings (SSSR count). The van der Waals surface area contributed by atoms with Crippen LogP contribution in [0.3, 0.4) is 0 Å². The molecule has 0 bridgehead atoms. The molecule has 0 radical (unpaired) electrons. The van der Waals surface area contributed by atoms with E-state index in [0.717, 1.165) is 24.5 Å². The Morgan fingerprint density at radius 2 is 0.887 bits per heavy atom. The van der Waals surface area contributed by atoms with Gasteiger partial charge in [-0.3, -0.25) is 47.0 Å². The van der Waals surface area contributed by atoms with Gasteiger partial charge in [-0.1, -0.05) is 0 Å². The van der Waals surface area contributed by atoms with Gasteiger partial charge in [0.2, 0.25) is 0 Å². The van der Waals surface area contributed by atoms with Crippen LogP contribution in [0.25, 0.3) is 0 Å². The van der Waals surface area contributed by atoms with Crippen LogP contribution in [0, 0.1) is 0 Å². The molecule has 53 heavy (non-hydrogen) atoms. The maximum absolute atomic E-state index is 12.0. The van der Waals surface area contributed by atoms with Gasteiger partial charge in [0.1, 0.15) is 36.6 Å². The van der Waals surface area contributed by atoms with E-state index < -0.39 is 116 Å². The average molecular weight is 878 g/mol. The van der Waals surface area contributed by atoms with Crippen molar-refractivity contribution in [3.05, 3.63) is 66.2 Å². The third-order valence-corrected chi connectivity index (χ3v) is 12.0. The molecule has 35 heteroatoms. The topological polar surface area (TPSA) is 416 Å². The molecular formula is C18H22N4Na4O23P4. The van der Waals surface area contributed by atoms with Crippen molar-refractivity contribution in [1.82, 2.24) is 19.1 Å². The molecule has 0 amide bonds. The van der Waals surface area contributed by atoms with Gasteiger partial charge in [0.25, 0.3) is 42.4 Å². The molecule has 2 aliphatic heterocycles. The fraction of sp³-hybridized carbons (Fsp3) is 0.556. The van der Waals surface area contributed by atoms with E-state index in [1.54, 1.807) is 0 Å². The second-order valence-corrected chi connectivity index (χ2v) is 15.8. The Morgan fingerprint density at radius 3 is 1.19 bits per heavy atom. The van der Waals surface area contributed by atoms with Crippen molar-refractivity contribution in [3.8, 4) is 0 Å². The molecule has 2 aromatic rings. The number of rotatable bonds is 14. The first-order valence-electron chi connectivity index (χ1n) is 12.8. The number of H-pyrrole nitrogens is 2. The van der Waals surface area contributed by atoms with Crippen molar-refractivity contribution in [2.24, 2.45) is 0 Å². The molecular weight excluding hydrogens is 856 g/mol. The summed E-state index contributed by atoms with van der Waals surface area (Å²) in [6, 6.07) is 1.68. The second kappa shape index (κ2) is 21.8. The Bertz CT molecular complexity index is 1840. The van der Waals surface area contributed by atoms with Crippen LogP contribution in [-0.2, 0) is 49.7 Å². The summed E-state index contributed by atoms with van der Waals surface area (Å²) in [5.74, 6) is 0. The third-order valence-electron chi connectivity index (χ3n) is 6.32. The standard InChI is InChI=1S/C18H26N4O23P4.4Na/c23-9-1-3-21(17(29)19-9)15-13(27)11(25)7(41-15)5-39-46(31,32)43-48(35,36)45-49(37,38)44-47(33,34)40-6-8-12(26)14(28)16(42-8)22-4-2-10(24)20-18(22)30;;;;/h1-4,7-8,11-16,25-28H,5-6H2,(H,31,32)(H,33,34)(H,35,36)(H,37,38)(H,19,23,29)(H,20,24,30);;;;/q;4*+1/p-4/t7-,8-,11-,12-,13-,14-,15-,16-;;;;/m0..../s1. The first kappa shape index (κ1) is 54.7. The molecule has 4 heterocycles. The molecule has 2 aromatic heterocycles. The fourth-order valence-electron chi connectivity index (χ4n) is 4.22. The molecule has 0 saturated carbocycles. The SMILES string of the molecule is O=c1ccn([C@H]2O[C@@H](COP(=O)([O-])OP(=O)([O-])OP(=O)([O-])OP(=O)([O-])OC[C@@H]3O[C@H](n4ccc(=O)[nH]c4=O)[C@@H](O)[C@H]3O)[C@H](O)[C@@H]2O)c(=O)[nH]1.[Na+].[Na+].[Na+].[Na+]. The minimum Gasteiger partial charge on any atom is -0.756 e. The molecule has 0 spiro atoms. The number of nitrogens with one attached hydrogen (secondary N) is 2. The van der Waals surface area contributed by atoms with E-state index in [2.05, 4.69) is 22.0 Å². The zero-order valence-electron chi connectivity index (χ0n) is 27.6. The maximum Gasteiger partial charge on any atom is 1.00 e. The number of nitrogens with zero attached hydrogens (tertiary/aromatic N) is 2. The Hall–Kier alpha value is 1.68. The molecule has 0 aliphatic carbocycles. The predicted molar refractivity (Wildman–Crippen MR) is 140 cm³/mol. The molecule has 2 fully saturated rings. The van der Waals surface area contributed by atoms with Gasteiger partial charge < -0.3 is 58.5 Å². The Balaban J connectivity index is 0.00000676. The predicted octanol–water partition coefficient (Wildman–Crippen LogP) is -18.7. The van der Waals surface area contributed by atoms with Gasteiger partial charge in [-0.25, -0.2) is 22.5 Å². The minimum absolute atomic E-state index is 0. The second-order valence-electron chi connectivity index (χ2n) is 9.75. The summed E-state index contributed by atoms with van der Waals surface area (Å²) in [7, 11) is -25.6. The van der Waals surface area contributed by atoms with Crippen LogP contribution in [0.2, 0.25) is 0 Å². The van der Waals surface area contributed by atoms with Crippen LogP contribution < -0.4 is 160 Å². The number of ether oxygens (including phenoxy) is 2. The van der Waals surface area contributed by atoms with E-state index in [-0.39, 0.29) is 118 Å². The monoisotopic (exact) mass is 878 g/mol. The summed E-state index contributed by atoms with van der Waals surface area (Å²) in [6.45, 7) is -2.66. The van der Waals surface area contributed by atoms with Gasteiger partial charge in [-0.15, -0.1) is 0 Å². The van der Waals surface area contributed by atoms with Crippen LogP contribution in [-0.4, -0.2) is 89.4 Å². The van der Waals surface area contributed by atoms with E-state index in [1.165, 1.54) is 0 Å². The summed E-state index contributed by atoms with van der Waals surface area (Å²) in [4.78, 5) is 97.9. The van der Waals surface area contributed by atoms with Crippen molar-refractivity contribution in [1.29, 1.82) is 0 Å². The number of hydrogen-bond acceptors (Lipinski definition) is 23. The van der Waals surface area contributed by atoms with Crippen LogP contribution >= 0.6 is 31.3 Å². The van der Waals surface area contributed by atoms with E-state index in [9.17, 15) is 77.4 Å². The number of phosphoric ester groups is 2. The summed E-state index contributed by atoms with van der Waals surface area (Å²) in [6.07, 6.45) is -13.2. The molecule has 12 atom stereocenters. The van der Waals surface area contributed by atoms with Gasteiger partial charge in [0, 0.05) is 24.5 Å². The summed E-state index contributed by atoms with van der Waals surface area (Å²) in [5, 5.41) is 40.5. The van der Waals surface area contributed by atoms with Gasteiger partial charge in [0.15, 0.2) is 12.5 Å². The third kappa shape index (κ3) is 15.0. The maximum atomic E-state index is 12.0. The molecule has 2 aliphatic rings. The largest absolute Gasteiger partial charge is 1.00 e. The van der Waals surface area contributed by atoms with Crippen molar-refractivity contribution in [2.75, 3.05) is 13.2 Å². The number of aromatic nitrogens is 4. The number of aliphatic hydroxyl groups is 4. The molecule has 2 saturated heterocycles. The summed E-state index contributed by atoms with van der Waals surface area (Å²) in [5.41, 5.74) is -3.89. The van der Waals surface area contributed by atoms with Crippen molar-refractivity contribution >= 4 is 31.3 Å². The van der Waals surface area contributed by atoms with E-state index in [0.29, 0.717) is 9.13 Å². The normalized spacial score (nSPS) is 29.7. The van der Waals surface area contributed by atoms with E-state index in [4.69, 9.17) is 9.47 Å². The van der Waals surface area contributed by atoms with Gasteiger partial charge in [-0.05, 0) is 0 Å². The Labute approximate surface area is 382 Å². The number of aliphatic hydroxyl groups excluding tert-OH is 4. The van der Waals surface area contributed by atoms with Crippen molar-refractivity contribution in [3.63, 3.8) is 0 Å². The zero-order valence-corrected chi connectivity index (χ0v) is 39.1. The average Bonchev–Trinajstić information content (AvgIpc) is 3.38. The minimum atomic E-state index is -6.64. The van der Waals surface area contributed by atoms with Crippen molar-refractivity contribution < 1.29 is 208 Å².